The number of benzene rings is 1. The van der Waals surface area contributed by atoms with E-state index >= 15 is 0 Å². The highest BCUT2D eigenvalue weighted by Gasteiger charge is 2.11. The molecule has 1 aromatic carbocycles. The summed E-state index contributed by atoms with van der Waals surface area (Å²) in [6.07, 6.45) is 0. The molecule has 1 aliphatic heterocycles. The van der Waals surface area contributed by atoms with Crippen LogP contribution in [0.5, 0.6) is 5.75 Å². The van der Waals surface area contributed by atoms with Gasteiger partial charge in [0.1, 0.15) is 5.75 Å². The van der Waals surface area contributed by atoms with Gasteiger partial charge in [-0.2, -0.15) is 0 Å². The van der Waals surface area contributed by atoms with Gasteiger partial charge in [-0.25, -0.2) is 4.79 Å². The number of amides is 2. The summed E-state index contributed by atoms with van der Waals surface area (Å²) < 4.78 is 10.8. The molecule has 0 aromatic heterocycles. The predicted molar refractivity (Wildman–Crippen MR) is 86.9 cm³/mol. The van der Waals surface area contributed by atoms with E-state index in [2.05, 4.69) is 15.5 Å². The lowest BCUT2D eigenvalue weighted by Gasteiger charge is -2.26. The van der Waals surface area contributed by atoms with Crippen LogP contribution in [0.1, 0.15) is 6.92 Å². The van der Waals surface area contributed by atoms with Gasteiger partial charge in [-0.1, -0.05) is 11.6 Å². The molecule has 1 aromatic rings. The van der Waals surface area contributed by atoms with Crippen molar-refractivity contribution in [2.45, 2.75) is 6.92 Å². The molecule has 0 aliphatic carbocycles. The molecule has 7 heteroatoms. The van der Waals surface area contributed by atoms with Crippen molar-refractivity contribution in [2.24, 2.45) is 0 Å². The van der Waals surface area contributed by atoms with Gasteiger partial charge in [0.15, 0.2) is 0 Å². The standard InChI is InChI=1S/C15H22ClN3O3/c1-2-22-14-4-3-12(16)11-13(14)18-15(20)17-5-6-19-7-9-21-10-8-19/h3-4,11H,2,5-10H2,1H3,(H2,17,18,20). The maximum atomic E-state index is 12.0. The molecule has 1 heterocycles. The Morgan fingerprint density at radius 2 is 2.18 bits per heavy atom. The van der Waals surface area contributed by atoms with Gasteiger partial charge in [0.05, 0.1) is 25.5 Å². The zero-order valence-electron chi connectivity index (χ0n) is 12.7. The second-order valence-electron chi connectivity index (χ2n) is 4.91. The molecule has 1 aliphatic rings. The Bertz CT molecular complexity index is 493. The minimum atomic E-state index is -0.267. The smallest absolute Gasteiger partial charge is 0.319 e. The van der Waals surface area contributed by atoms with E-state index in [0.717, 1.165) is 32.8 Å². The van der Waals surface area contributed by atoms with Crippen molar-refractivity contribution in [3.8, 4) is 5.75 Å². The highest BCUT2D eigenvalue weighted by atomic mass is 35.5. The van der Waals surface area contributed by atoms with Crippen LogP contribution in [0.25, 0.3) is 0 Å². The second kappa shape index (κ2) is 8.82. The Balaban J connectivity index is 1.79. The highest BCUT2D eigenvalue weighted by Crippen LogP contribution is 2.27. The number of ether oxygens (including phenoxy) is 2. The lowest BCUT2D eigenvalue weighted by atomic mass is 10.3. The van der Waals surface area contributed by atoms with E-state index in [1.807, 2.05) is 6.92 Å². The number of urea groups is 1. The zero-order chi connectivity index (χ0) is 15.8. The average Bonchev–Trinajstić information content (AvgIpc) is 2.51. The summed E-state index contributed by atoms with van der Waals surface area (Å²) in [5.41, 5.74) is 0.568. The summed E-state index contributed by atoms with van der Waals surface area (Å²) in [6.45, 7) is 7.13. The molecule has 0 saturated carbocycles. The quantitative estimate of drug-likeness (QED) is 0.840. The van der Waals surface area contributed by atoms with Crippen molar-refractivity contribution >= 4 is 23.3 Å². The third kappa shape index (κ3) is 5.36. The van der Waals surface area contributed by atoms with E-state index in [4.69, 9.17) is 21.1 Å². The van der Waals surface area contributed by atoms with Crippen LogP contribution < -0.4 is 15.4 Å². The molecule has 22 heavy (non-hydrogen) atoms. The molecular weight excluding hydrogens is 306 g/mol. The summed E-state index contributed by atoms with van der Waals surface area (Å²) in [5.74, 6) is 0.607. The van der Waals surface area contributed by atoms with Crippen LogP contribution >= 0.6 is 11.6 Å². The Labute approximate surface area is 135 Å². The van der Waals surface area contributed by atoms with E-state index in [1.54, 1.807) is 18.2 Å². The minimum absolute atomic E-state index is 0.267. The van der Waals surface area contributed by atoms with Gasteiger partial charge in [0.2, 0.25) is 0 Å². The number of carbonyl (C=O) groups excluding carboxylic acids is 1. The third-order valence-electron chi connectivity index (χ3n) is 3.31. The van der Waals surface area contributed by atoms with Crippen molar-refractivity contribution in [3.63, 3.8) is 0 Å². The number of nitrogens with one attached hydrogen (secondary N) is 2. The third-order valence-corrected chi connectivity index (χ3v) is 3.54. The number of hydrogen-bond acceptors (Lipinski definition) is 4. The number of halogens is 1. The first kappa shape index (κ1) is 16.9. The lowest BCUT2D eigenvalue weighted by molar-refractivity contribution is 0.0388. The molecule has 0 spiro atoms. The summed E-state index contributed by atoms with van der Waals surface area (Å²) in [6, 6.07) is 4.88. The second-order valence-corrected chi connectivity index (χ2v) is 5.34. The van der Waals surface area contributed by atoms with Crippen LogP contribution in [0.15, 0.2) is 18.2 Å². The molecule has 1 fully saturated rings. The monoisotopic (exact) mass is 327 g/mol. The van der Waals surface area contributed by atoms with Gasteiger partial charge < -0.3 is 20.1 Å². The van der Waals surface area contributed by atoms with Crippen molar-refractivity contribution in [2.75, 3.05) is 51.3 Å². The number of hydrogen-bond donors (Lipinski definition) is 2. The Morgan fingerprint density at radius 3 is 2.91 bits per heavy atom. The average molecular weight is 328 g/mol. The van der Waals surface area contributed by atoms with Gasteiger partial charge in [-0.15, -0.1) is 0 Å². The number of carbonyl (C=O) groups is 1. The van der Waals surface area contributed by atoms with Crippen molar-refractivity contribution in [1.29, 1.82) is 0 Å². The molecule has 0 atom stereocenters. The summed E-state index contributed by atoms with van der Waals surface area (Å²) in [5, 5.41) is 6.16. The topological polar surface area (TPSA) is 62.8 Å². The molecule has 0 bridgehead atoms. The normalized spacial score (nSPS) is 15.4. The summed E-state index contributed by atoms with van der Waals surface area (Å²) in [4.78, 5) is 14.2. The molecule has 6 nitrogen and oxygen atoms in total. The van der Waals surface area contributed by atoms with Gasteiger partial charge in [0, 0.05) is 31.2 Å². The first-order chi connectivity index (χ1) is 10.7. The molecule has 2 amide bonds. The minimum Gasteiger partial charge on any atom is -0.492 e. The van der Waals surface area contributed by atoms with Crippen LogP contribution in [-0.2, 0) is 4.74 Å². The predicted octanol–water partition coefficient (Wildman–Crippen LogP) is 2.19. The molecule has 0 radical (unpaired) electrons. The van der Waals surface area contributed by atoms with E-state index in [0.29, 0.717) is 29.6 Å². The van der Waals surface area contributed by atoms with E-state index in [1.165, 1.54) is 0 Å². The van der Waals surface area contributed by atoms with Crippen LogP contribution in [0.3, 0.4) is 0 Å². The fourth-order valence-electron chi connectivity index (χ4n) is 2.20. The molecule has 2 N–H and O–H groups in total. The van der Waals surface area contributed by atoms with E-state index in [9.17, 15) is 4.79 Å². The fourth-order valence-corrected chi connectivity index (χ4v) is 2.37. The van der Waals surface area contributed by atoms with E-state index in [-0.39, 0.29) is 6.03 Å². The lowest BCUT2D eigenvalue weighted by Crippen LogP contribution is -2.42. The molecule has 2 rings (SSSR count). The van der Waals surface area contributed by atoms with Crippen LogP contribution in [0, 0.1) is 0 Å². The Morgan fingerprint density at radius 1 is 1.41 bits per heavy atom. The highest BCUT2D eigenvalue weighted by molar-refractivity contribution is 6.31. The van der Waals surface area contributed by atoms with Gasteiger partial charge in [-0.05, 0) is 25.1 Å². The van der Waals surface area contributed by atoms with Crippen molar-refractivity contribution < 1.29 is 14.3 Å². The number of morpholine rings is 1. The zero-order valence-corrected chi connectivity index (χ0v) is 13.5. The molecule has 1 saturated heterocycles. The van der Waals surface area contributed by atoms with Gasteiger partial charge in [0.25, 0.3) is 0 Å². The first-order valence-corrected chi connectivity index (χ1v) is 7.84. The molecular formula is C15H22ClN3O3. The maximum Gasteiger partial charge on any atom is 0.319 e. The number of rotatable bonds is 6. The van der Waals surface area contributed by atoms with Crippen LogP contribution in [0.4, 0.5) is 10.5 Å². The van der Waals surface area contributed by atoms with Gasteiger partial charge >= 0.3 is 6.03 Å². The van der Waals surface area contributed by atoms with Crippen molar-refractivity contribution in [1.82, 2.24) is 10.2 Å². The summed E-state index contributed by atoms with van der Waals surface area (Å²) >= 11 is 5.96. The Hall–Kier alpha value is -1.50. The van der Waals surface area contributed by atoms with Gasteiger partial charge in [-0.3, -0.25) is 4.90 Å². The fraction of sp³-hybridized carbons (Fsp3) is 0.533. The number of anilines is 1. The maximum absolute atomic E-state index is 12.0. The van der Waals surface area contributed by atoms with Crippen LogP contribution in [-0.4, -0.2) is 56.9 Å². The number of nitrogens with zero attached hydrogens (tertiary/aromatic N) is 1. The van der Waals surface area contributed by atoms with Crippen molar-refractivity contribution in [3.05, 3.63) is 23.2 Å². The van der Waals surface area contributed by atoms with Crippen LogP contribution in [0.2, 0.25) is 5.02 Å². The first-order valence-electron chi connectivity index (χ1n) is 7.46. The summed E-state index contributed by atoms with van der Waals surface area (Å²) in [7, 11) is 0. The largest absolute Gasteiger partial charge is 0.492 e. The molecule has 0 unspecified atom stereocenters. The molecule has 122 valence electrons. The SMILES string of the molecule is CCOc1ccc(Cl)cc1NC(=O)NCCN1CCOCC1. The Kier molecular flexibility index (Phi) is 6.76. The van der Waals surface area contributed by atoms with E-state index < -0.39 is 0 Å².